The molecule has 0 saturated heterocycles. The van der Waals surface area contributed by atoms with E-state index in [1.807, 2.05) is 19.1 Å². The van der Waals surface area contributed by atoms with E-state index in [2.05, 4.69) is 4.98 Å². The summed E-state index contributed by atoms with van der Waals surface area (Å²) in [5.74, 6) is -0.154. The molecule has 2 nitrogen and oxygen atoms in total. The molecule has 0 radical (unpaired) electrons. The largest absolute Gasteiger partial charge is 0.288 e. The highest BCUT2D eigenvalue weighted by molar-refractivity contribution is 6.37. The average molecular weight is 266 g/mol. The Bertz CT molecular complexity index is 564. The third-order valence-corrected chi connectivity index (χ3v) is 2.90. The molecule has 0 unspecified atom stereocenters. The van der Waals surface area contributed by atoms with Crippen LogP contribution in [0.5, 0.6) is 0 Å². The molecule has 0 aliphatic carbocycles. The number of hydrogen-bond donors (Lipinski definition) is 0. The van der Waals surface area contributed by atoms with Crippen molar-refractivity contribution < 1.29 is 4.79 Å². The van der Waals surface area contributed by atoms with Gasteiger partial charge in [0.25, 0.3) is 0 Å². The maximum Gasteiger partial charge on any atom is 0.196 e. The first-order chi connectivity index (χ1) is 8.08. The van der Waals surface area contributed by atoms with E-state index in [0.29, 0.717) is 16.1 Å². The van der Waals surface area contributed by atoms with Crippen LogP contribution in [-0.2, 0) is 0 Å². The number of benzene rings is 1. The summed E-state index contributed by atoms with van der Waals surface area (Å²) in [5, 5.41) is 0.589. The minimum absolute atomic E-state index is 0.154. The zero-order chi connectivity index (χ0) is 12.4. The van der Waals surface area contributed by atoms with E-state index in [4.69, 9.17) is 23.2 Å². The molecule has 1 aromatic heterocycles. The molecule has 17 heavy (non-hydrogen) atoms. The molecule has 4 heteroatoms. The molecule has 2 aromatic rings. The second-order valence-electron chi connectivity index (χ2n) is 3.68. The van der Waals surface area contributed by atoms with Gasteiger partial charge in [-0.1, -0.05) is 53.0 Å². The Morgan fingerprint density at radius 1 is 1.18 bits per heavy atom. The molecule has 0 bridgehead atoms. The summed E-state index contributed by atoms with van der Waals surface area (Å²) in [6, 6.07) is 8.75. The van der Waals surface area contributed by atoms with Crippen LogP contribution in [0.3, 0.4) is 0 Å². The maximum atomic E-state index is 12.1. The lowest BCUT2D eigenvalue weighted by Crippen LogP contribution is -2.02. The Morgan fingerprint density at radius 3 is 2.41 bits per heavy atom. The highest BCUT2D eigenvalue weighted by atomic mass is 35.5. The van der Waals surface area contributed by atoms with E-state index in [1.54, 1.807) is 12.1 Å². The molecule has 1 heterocycles. The van der Waals surface area contributed by atoms with Crippen molar-refractivity contribution in [2.24, 2.45) is 0 Å². The van der Waals surface area contributed by atoms with Crippen molar-refractivity contribution in [2.75, 3.05) is 0 Å². The van der Waals surface area contributed by atoms with Gasteiger partial charge in [0, 0.05) is 11.8 Å². The summed E-state index contributed by atoms with van der Waals surface area (Å²) >= 11 is 11.6. The van der Waals surface area contributed by atoms with Gasteiger partial charge in [-0.2, -0.15) is 0 Å². The summed E-state index contributed by atoms with van der Waals surface area (Å²) in [6.45, 7) is 1.96. The molecule has 0 aliphatic heterocycles. The van der Waals surface area contributed by atoms with Gasteiger partial charge in [-0.05, 0) is 13.0 Å². The van der Waals surface area contributed by atoms with E-state index in [9.17, 15) is 4.79 Å². The van der Waals surface area contributed by atoms with Crippen LogP contribution < -0.4 is 0 Å². The fraction of sp³-hybridized carbons (Fsp3) is 0.0769. The van der Waals surface area contributed by atoms with Crippen LogP contribution in [0.15, 0.2) is 36.5 Å². The van der Waals surface area contributed by atoms with E-state index in [-0.39, 0.29) is 10.9 Å². The number of carbonyl (C=O) groups excluding carboxylic acids is 1. The molecule has 0 atom stereocenters. The number of aryl methyl sites for hydroxylation is 1. The van der Waals surface area contributed by atoms with Crippen LogP contribution in [-0.4, -0.2) is 10.8 Å². The predicted octanol–water partition coefficient (Wildman–Crippen LogP) is 3.93. The third kappa shape index (κ3) is 2.65. The fourth-order valence-electron chi connectivity index (χ4n) is 1.43. The van der Waals surface area contributed by atoms with Crippen molar-refractivity contribution in [3.05, 3.63) is 63.4 Å². The van der Waals surface area contributed by atoms with Crippen molar-refractivity contribution in [2.45, 2.75) is 6.92 Å². The molecule has 0 N–H and O–H groups in total. The van der Waals surface area contributed by atoms with Crippen LogP contribution in [0, 0.1) is 6.92 Å². The monoisotopic (exact) mass is 265 g/mol. The Labute approximate surface area is 109 Å². The van der Waals surface area contributed by atoms with Crippen LogP contribution in [0.4, 0.5) is 0 Å². The van der Waals surface area contributed by atoms with Crippen LogP contribution >= 0.6 is 23.2 Å². The summed E-state index contributed by atoms with van der Waals surface area (Å²) in [6.07, 6.45) is 1.40. The minimum Gasteiger partial charge on any atom is -0.288 e. The van der Waals surface area contributed by atoms with Crippen LogP contribution in [0.1, 0.15) is 21.5 Å². The number of rotatable bonds is 2. The summed E-state index contributed by atoms with van der Waals surface area (Å²) in [4.78, 5) is 16.0. The third-order valence-electron chi connectivity index (χ3n) is 2.38. The van der Waals surface area contributed by atoms with Crippen molar-refractivity contribution >= 4 is 29.0 Å². The van der Waals surface area contributed by atoms with Crippen molar-refractivity contribution in [1.82, 2.24) is 4.98 Å². The zero-order valence-electron chi connectivity index (χ0n) is 9.08. The van der Waals surface area contributed by atoms with Crippen LogP contribution in [0.25, 0.3) is 0 Å². The SMILES string of the molecule is Cc1ccc(C(=O)c2cnc(Cl)cc2Cl)cc1. The number of ketones is 1. The van der Waals surface area contributed by atoms with Gasteiger partial charge in [0.2, 0.25) is 0 Å². The van der Waals surface area contributed by atoms with Gasteiger partial charge < -0.3 is 0 Å². The van der Waals surface area contributed by atoms with Gasteiger partial charge in [-0.15, -0.1) is 0 Å². The lowest BCUT2D eigenvalue weighted by atomic mass is 10.0. The Hall–Kier alpha value is -1.38. The van der Waals surface area contributed by atoms with Gasteiger partial charge in [-0.3, -0.25) is 4.79 Å². The quantitative estimate of drug-likeness (QED) is 0.609. The number of hydrogen-bond acceptors (Lipinski definition) is 2. The number of nitrogens with zero attached hydrogens (tertiary/aromatic N) is 1. The Kier molecular flexibility index (Phi) is 3.46. The molecular formula is C13H9Cl2NO. The zero-order valence-corrected chi connectivity index (χ0v) is 10.6. The van der Waals surface area contributed by atoms with Gasteiger partial charge >= 0.3 is 0 Å². The summed E-state index contributed by atoms with van der Waals surface area (Å²) in [5.41, 5.74) is 2.04. The highest BCUT2D eigenvalue weighted by Crippen LogP contribution is 2.21. The van der Waals surface area contributed by atoms with E-state index in [1.165, 1.54) is 12.3 Å². The van der Waals surface area contributed by atoms with Crippen molar-refractivity contribution in [1.29, 1.82) is 0 Å². The molecule has 0 spiro atoms. The Morgan fingerprint density at radius 2 is 1.82 bits per heavy atom. The number of pyridine rings is 1. The Balaban J connectivity index is 2.40. The second kappa shape index (κ2) is 4.86. The molecule has 86 valence electrons. The first-order valence-corrected chi connectivity index (χ1v) is 5.76. The summed E-state index contributed by atoms with van der Waals surface area (Å²) < 4.78 is 0. The van der Waals surface area contributed by atoms with Crippen LogP contribution in [0.2, 0.25) is 10.2 Å². The average Bonchev–Trinajstić information content (AvgIpc) is 2.29. The predicted molar refractivity (Wildman–Crippen MR) is 68.9 cm³/mol. The second-order valence-corrected chi connectivity index (χ2v) is 4.48. The normalized spacial score (nSPS) is 10.3. The molecule has 0 aliphatic rings. The van der Waals surface area contributed by atoms with Gasteiger partial charge in [0.1, 0.15) is 5.15 Å². The molecular weight excluding hydrogens is 257 g/mol. The van der Waals surface area contributed by atoms with Gasteiger partial charge in [-0.25, -0.2) is 4.98 Å². The molecule has 1 aromatic carbocycles. The van der Waals surface area contributed by atoms with E-state index >= 15 is 0 Å². The smallest absolute Gasteiger partial charge is 0.196 e. The molecule has 0 fully saturated rings. The first-order valence-electron chi connectivity index (χ1n) is 5.00. The standard InChI is InChI=1S/C13H9Cl2NO/c1-8-2-4-9(5-3-8)13(17)10-7-16-12(15)6-11(10)14/h2-7H,1H3. The highest BCUT2D eigenvalue weighted by Gasteiger charge is 2.13. The van der Waals surface area contributed by atoms with E-state index < -0.39 is 0 Å². The number of halogens is 2. The fourth-order valence-corrected chi connectivity index (χ4v) is 1.89. The van der Waals surface area contributed by atoms with Gasteiger partial charge in [0.05, 0.1) is 10.6 Å². The topological polar surface area (TPSA) is 30.0 Å². The van der Waals surface area contributed by atoms with Crippen molar-refractivity contribution in [3.8, 4) is 0 Å². The van der Waals surface area contributed by atoms with Crippen molar-refractivity contribution in [3.63, 3.8) is 0 Å². The first kappa shape index (κ1) is 12.1. The van der Waals surface area contributed by atoms with E-state index in [0.717, 1.165) is 5.56 Å². The summed E-state index contributed by atoms with van der Waals surface area (Å²) in [7, 11) is 0. The molecule has 0 saturated carbocycles. The van der Waals surface area contributed by atoms with Gasteiger partial charge in [0.15, 0.2) is 5.78 Å². The lowest BCUT2D eigenvalue weighted by molar-refractivity contribution is 0.103. The maximum absolute atomic E-state index is 12.1. The number of carbonyl (C=O) groups is 1. The lowest BCUT2D eigenvalue weighted by Gasteiger charge is -2.03. The number of aromatic nitrogens is 1. The molecule has 0 amide bonds. The minimum atomic E-state index is -0.154. The molecule has 2 rings (SSSR count).